The van der Waals surface area contributed by atoms with Gasteiger partial charge in [-0.05, 0) is 30.6 Å². The normalized spacial score (nSPS) is 13.2. The number of halogens is 1. The molecule has 1 unspecified atom stereocenters. The number of carbonyl (C=O) groups is 1. The number of rotatable bonds is 11. The molecule has 0 fully saturated rings. The summed E-state index contributed by atoms with van der Waals surface area (Å²) >= 11 is 5.62. The molecule has 0 bridgehead atoms. The van der Waals surface area contributed by atoms with Crippen LogP contribution in [0, 0.1) is 11.3 Å². The number of carbonyl (C=O) groups excluding carboxylic acids is 1. The van der Waals surface area contributed by atoms with Crippen molar-refractivity contribution in [1.29, 1.82) is 0 Å². The predicted octanol–water partition coefficient (Wildman–Crippen LogP) is 5.57. The van der Waals surface area contributed by atoms with E-state index in [0.29, 0.717) is 18.9 Å². The molecular weight excluding hydrogens is 272 g/mol. The predicted molar refractivity (Wildman–Crippen MR) is 87.2 cm³/mol. The van der Waals surface area contributed by atoms with E-state index in [1.54, 1.807) is 0 Å². The second-order valence-electron chi connectivity index (χ2n) is 7.10. The fourth-order valence-corrected chi connectivity index (χ4v) is 2.74. The first kappa shape index (κ1) is 19.8. The van der Waals surface area contributed by atoms with E-state index in [1.807, 2.05) is 0 Å². The van der Waals surface area contributed by atoms with Crippen LogP contribution >= 0.6 is 11.6 Å². The zero-order valence-corrected chi connectivity index (χ0v) is 14.6. The molecule has 0 saturated carbocycles. The molecule has 1 atom stereocenters. The van der Waals surface area contributed by atoms with Crippen molar-refractivity contribution in [1.82, 2.24) is 0 Å². The van der Waals surface area contributed by atoms with E-state index < -0.39 is 0 Å². The smallest absolute Gasteiger partial charge is 0.306 e. The van der Waals surface area contributed by atoms with E-state index in [4.69, 9.17) is 16.3 Å². The summed E-state index contributed by atoms with van der Waals surface area (Å²) < 4.78 is 5.29. The van der Waals surface area contributed by atoms with E-state index in [1.165, 1.54) is 19.3 Å². The van der Waals surface area contributed by atoms with Crippen LogP contribution in [-0.4, -0.2) is 18.5 Å². The Morgan fingerprint density at radius 3 is 2.15 bits per heavy atom. The number of unbranched alkanes of at least 4 members (excludes halogenated alkanes) is 5. The number of alkyl halides is 1. The van der Waals surface area contributed by atoms with Gasteiger partial charge in [-0.3, -0.25) is 4.79 Å². The molecule has 2 nitrogen and oxygen atoms in total. The van der Waals surface area contributed by atoms with E-state index in [2.05, 4.69) is 27.7 Å². The van der Waals surface area contributed by atoms with Gasteiger partial charge in [0.1, 0.15) is 0 Å². The third-order valence-corrected chi connectivity index (χ3v) is 3.53. The Kier molecular flexibility index (Phi) is 11.3. The standard InChI is InChI=1S/C17H33ClO2/c1-15(14-17(2,3)4)13-16(19)20-12-10-8-6-5-7-9-11-18/h15H,5-14H2,1-4H3. The zero-order chi connectivity index (χ0) is 15.4. The monoisotopic (exact) mass is 304 g/mol. The van der Waals surface area contributed by atoms with Gasteiger partial charge in [0, 0.05) is 12.3 Å². The van der Waals surface area contributed by atoms with Crippen LogP contribution < -0.4 is 0 Å². The summed E-state index contributed by atoms with van der Waals surface area (Å²) in [6.45, 7) is 9.33. The average molecular weight is 305 g/mol. The maximum Gasteiger partial charge on any atom is 0.306 e. The molecule has 0 aliphatic heterocycles. The van der Waals surface area contributed by atoms with Crippen LogP contribution in [0.1, 0.15) is 79.1 Å². The van der Waals surface area contributed by atoms with Crippen molar-refractivity contribution < 1.29 is 9.53 Å². The highest BCUT2D eigenvalue weighted by Crippen LogP contribution is 2.26. The molecule has 0 amide bonds. The van der Waals surface area contributed by atoms with Crippen molar-refractivity contribution in [2.24, 2.45) is 11.3 Å². The molecule has 20 heavy (non-hydrogen) atoms. The van der Waals surface area contributed by atoms with Gasteiger partial charge in [0.05, 0.1) is 6.61 Å². The van der Waals surface area contributed by atoms with Crippen LogP contribution in [0.15, 0.2) is 0 Å². The van der Waals surface area contributed by atoms with Crippen molar-refractivity contribution in [2.45, 2.75) is 79.1 Å². The van der Waals surface area contributed by atoms with Gasteiger partial charge in [-0.25, -0.2) is 0 Å². The van der Waals surface area contributed by atoms with Crippen LogP contribution in [0.5, 0.6) is 0 Å². The van der Waals surface area contributed by atoms with Crippen LogP contribution in [0.3, 0.4) is 0 Å². The first-order valence-electron chi connectivity index (χ1n) is 8.07. The third-order valence-electron chi connectivity index (χ3n) is 3.27. The minimum absolute atomic E-state index is 0.0381. The van der Waals surface area contributed by atoms with E-state index in [9.17, 15) is 4.79 Å². The van der Waals surface area contributed by atoms with Gasteiger partial charge in [0.15, 0.2) is 0 Å². The highest BCUT2D eigenvalue weighted by Gasteiger charge is 2.18. The van der Waals surface area contributed by atoms with Gasteiger partial charge in [-0.15, -0.1) is 11.6 Å². The molecule has 0 aliphatic rings. The molecule has 0 saturated heterocycles. The van der Waals surface area contributed by atoms with Gasteiger partial charge < -0.3 is 4.74 Å². The Hall–Kier alpha value is -0.240. The summed E-state index contributed by atoms with van der Waals surface area (Å²) in [6, 6.07) is 0. The average Bonchev–Trinajstić information content (AvgIpc) is 2.30. The Balaban J connectivity index is 3.45. The number of ether oxygens (including phenoxy) is 1. The Labute approximate surface area is 130 Å². The summed E-state index contributed by atoms with van der Waals surface area (Å²) in [7, 11) is 0. The van der Waals surface area contributed by atoms with Crippen molar-refractivity contribution in [3.05, 3.63) is 0 Å². The molecule has 0 heterocycles. The van der Waals surface area contributed by atoms with Crippen LogP contribution in [-0.2, 0) is 9.53 Å². The summed E-state index contributed by atoms with van der Waals surface area (Å²) in [5.74, 6) is 1.13. The van der Waals surface area contributed by atoms with Gasteiger partial charge in [0.2, 0.25) is 0 Å². The van der Waals surface area contributed by atoms with Crippen molar-refractivity contribution in [3.8, 4) is 0 Å². The van der Waals surface area contributed by atoms with E-state index in [-0.39, 0.29) is 11.4 Å². The van der Waals surface area contributed by atoms with Crippen LogP contribution in [0.4, 0.5) is 0 Å². The lowest BCUT2D eigenvalue weighted by atomic mass is 9.84. The quantitative estimate of drug-likeness (QED) is 0.283. The molecule has 0 N–H and O–H groups in total. The zero-order valence-electron chi connectivity index (χ0n) is 13.8. The highest BCUT2D eigenvalue weighted by molar-refractivity contribution is 6.17. The van der Waals surface area contributed by atoms with E-state index in [0.717, 1.165) is 31.6 Å². The number of esters is 1. The van der Waals surface area contributed by atoms with Crippen LogP contribution in [0.2, 0.25) is 0 Å². The molecule has 0 aromatic carbocycles. The molecule has 0 rings (SSSR count). The summed E-state index contributed by atoms with van der Waals surface area (Å²) in [5.41, 5.74) is 0.280. The van der Waals surface area contributed by atoms with Gasteiger partial charge in [-0.1, -0.05) is 53.4 Å². The van der Waals surface area contributed by atoms with Crippen LogP contribution in [0.25, 0.3) is 0 Å². The maximum atomic E-state index is 11.7. The third kappa shape index (κ3) is 14.2. The van der Waals surface area contributed by atoms with Gasteiger partial charge in [0.25, 0.3) is 0 Å². The maximum absolute atomic E-state index is 11.7. The van der Waals surface area contributed by atoms with Crippen molar-refractivity contribution in [2.75, 3.05) is 12.5 Å². The molecular formula is C17H33ClO2. The SMILES string of the molecule is CC(CC(=O)OCCCCCCCCCl)CC(C)(C)C. The highest BCUT2D eigenvalue weighted by atomic mass is 35.5. The minimum Gasteiger partial charge on any atom is -0.466 e. The lowest BCUT2D eigenvalue weighted by molar-refractivity contribution is -0.144. The Morgan fingerprint density at radius 2 is 1.60 bits per heavy atom. The lowest BCUT2D eigenvalue weighted by Crippen LogP contribution is -2.16. The largest absolute Gasteiger partial charge is 0.466 e. The molecule has 0 spiro atoms. The summed E-state index contributed by atoms with van der Waals surface area (Å²) in [4.78, 5) is 11.7. The second kappa shape index (κ2) is 11.4. The number of hydrogen-bond donors (Lipinski definition) is 0. The number of hydrogen-bond acceptors (Lipinski definition) is 2. The molecule has 0 radical (unpaired) electrons. The molecule has 3 heteroatoms. The van der Waals surface area contributed by atoms with E-state index >= 15 is 0 Å². The molecule has 0 aromatic heterocycles. The van der Waals surface area contributed by atoms with Gasteiger partial charge >= 0.3 is 5.97 Å². The minimum atomic E-state index is -0.0381. The first-order valence-corrected chi connectivity index (χ1v) is 8.60. The second-order valence-corrected chi connectivity index (χ2v) is 7.48. The topological polar surface area (TPSA) is 26.3 Å². The van der Waals surface area contributed by atoms with Crippen molar-refractivity contribution >= 4 is 17.6 Å². The summed E-state index contributed by atoms with van der Waals surface area (Å²) in [6.07, 6.45) is 8.52. The van der Waals surface area contributed by atoms with Crippen molar-refractivity contribution in [3.63, 3.8) is 0 Å². The van der Waals surface area contributed by atoms with Gasteiger partial charge in [-0.2, -0.15) is 0 Å². The molecule has 0 aromatic rings. The molecule has 0 aliphatic carbocycles. The lowest BCUT2D eigenvalue weighted by Gasteiger charge is -2.22. The fraction of sp³-hybridized carbons (Fsp3) is 0.941. The molecule has 120 valence electrons. The fourth-order valence-electron chi connectivity index (χ4n) is 2.55. The Morgan fingerprint density at radius 1 is 1.05 bits per heavy atom. The summed E-state index contributed by atoms with van der Waals surface area (Å²) in [5, 5.41) is 0. The Bertz CT molecular complexity index is 246. The first-order chi connectivity index (χ1) is 9.35.